The third kappa shape index (κ3) is 6.08. The zero-order chi connectivity index (χ0) is 15.8. The number of methoxy groups -OCH3 is 1. The van der Waals surface area contributed by atoms with Gasteiger partial charge in [-0.25, -0.2) is 4.68 Å². The van der Waals surface area contributed by atoms with Crippen LogP contribution in [0.3, 0.4) is 0 Å². The van der Waals surface area contributed by atoms with Crippen molar-refractivity contribution in [2.45, 2.75) is 46.2 Å². The van der Waals surface area contributed by atoms with Crippen LogP contribution in [-0.2, 0) is 11.3 Å². The van der Waals surface area contributed by atoms with E-state index in [1.165, 1.54) is 16.8 Å². The van der Waals surface area contributed by atoms with Crippen LogP contribution in [-0.4, -0.2) is 35.4 Å². The first kappa shape index (κ1) is 17.4. The Kier molecular flexibility index (Phi) is 7.08. The van der Waals surface area contributed by atoms with Gasteiger partial charge in [-0.05, 0) is 31.7 Å². The molecule has 0 aliphatic rings. The Morgan fingerprint density at radius 1 is 1.33 bits per heavy atom. The fourth-order valence-corrected chi connectivity index (χ4v) is 1.86. The van der Waals surface area contributed by atoms with Gasteiger partial charge in [0.25, 0.3) is 11.5 Å². The fraction of sp³-hybridized carbons (Fsp3) is 0.667. The number of hydrogen-bond acceptors (Lipinski definition) is 4. The van der Waals surface area contributed by atoms with Gasteiger partial charge < -0.3 is 10.1 Å². The summed E-state index contributed by atoms with van der Waals surface area (Å²) in [6.45, 7) is 6.99. The first-order chi connectivity index (χ1) is 9.93. The summed E-state index contributed by atoms with van der Waals surface area (Å²) in [5.41, 5.74) is 0.0126. The zero-order valence-corrected chi connectivity index (χ0v) is 13.3. The first-order valence-corrected chi connectivity index (χ1v) is 7.32. The molecule has 0 aliphatic heterocycles. The Morgan fingerprint density at radius 2 is 2.05 bits per heavy atom. The molecule has 0 aromatic carbocycles. The number of carbonyl (C=O) groups is 1. The van der Waals surface area contributed by atoms with E-state index in [-0.39, 0.29) is 23.2 Å². The highest BCUT2D eigenvalue weighted by atomic mass is 16.5. The molecule has 0 fully saturated rings. The number of nitrogens with zero attached hydrogens (tertiary/aromatic N) is 2. The van der Waals surface area contributed by atoms with Crippen molar-refractivity contribution >= 4 is 5.91 Å². The minimum atomic E-state index is -0.252. The molecule has 1 atom stereocenters. The molecule has 1 N–H and O–H groups in total. The molecule has 1 amide bonds. The Hall–Kier alpha value is -1.69. The molecule has 1 rings (SSSR count). The number of amides is 1. The maximum atomic E-state index is 12.1. The highest BCUT2D eigenvalue weighted by Gasteiger charge is 2.13. The first-order valence-electron chi connectivity index (χ1n) is 7.32. The molecule has 1 aromatic heterocycles. The molecule has 0 spiro atoms. The minimum absolute atomic E-state index is 0.0843. The molecule has 0 aliphatic carbocycles. The van der Waals surface area contributed by atoms with Crippen LogP contribution in [0.4, 0.5) is 0 Å². The van der Waals surface area contributed by atoms with E-state index in [4.69, 9.17) is 4.74 Å². The monoisotopic (exact) mass is 295 g/mol. The lowest BCUT2D eigenvalue weighted by molar-refractivity contribution is 0.0928. The fourth-order valence-electron chi connectivity index (χ4n) is 1.86. The zero-order valence-electron chi connectivity index (χ0n) is 13.3. The van der Waals surface area contributed by atoms with Gasteiger partial charge >= 0.3 is 0 Å². The summed E-state index contributed by atoms with van der Waals surface area (Å²) in [6.07, 6.45) is 1.98. The van der Waals surface area contributed by atoms with Crippen LogP contribution in [0, 0.1) is 5.92 Å². The van der Waals surface area contributed by atoms with Gasteiger partial charge in [0.2, 0.25) is 0 Å². The van der Waals surface area contributed by atoms with Gasteiger partial charge in [0, 0.05) is 19.2 Å². The maximum Gasteiger partial charge on any atom is 0.271 e. The van der Waals surface area contributed by atoms with Crippen LogP contribution in [0.1, 0.15) is 44.1 Å². The summed E-state index contributed by atoms with van der Waals surface area (Å²) >= 11 is 0. The normalized spacial score (nSPS) is 12.4. The number of nitrogens with one attached hydrogen (secondary N) is 1. The second kappa shape index (κ2) is 8.56. The third-order valence-corrected chi connectivity index (χ3v) is 3.16. The Morgan fingerprint density at radius 3 is 2.67 bits per heavy atom. The molecule has 1 heterocycles. The van der Waals surface area contributed by atoms with Crippen LogP contribution in [0.2, 0.25) is 0 Å². The summed E-state index contributed by atoms with van der Waals surface area (Å²) < 4.78 is 6.17. The van der Waals surface area contributed by atoms with Gasteiger partial charge in [0.1, 0.15) is 5.69 Å². The van der Waals surface area contributed by atoms with Crippen molar-refractivity contribution in [3.05, 3.63) is 28.2 Å². The third-order valence-electron chi connectivity index (χ3n) is 3.16. The van der Waals surface area contributed by atoms with E-state index in [0.29, 0.717) is 19.1 Å². The van der Waals surface area contributed by atoms with E-state index in [1.807, 2.05) is 6.92 Å². The summed E-state index contributed by atoms with van der Waals surface area (Å²) in [7, 11) is 1.55. The van der Waals surface area contributed by atoms with E-state index >= 15 is 0 Å². The van der Waals surface area contributed by atoms with E-state index < -0.39 is 0 Å². The number of rotatable bonds is 8. The predicted molar refractivity (Wildman–Crippen MR) is 81.4 cm³/mol. The molecule has 21 heavy (non-hydrogen) atoms. The van der Waals surface area contributed by atoms with Crippen molar-refractivity contribution in [1.82, 2.24) is 15.1 Å². The lowest BCUT2D eigenvalue weighted by Crippen LogP contribution is -2.35. The van der Waals surface area contributed by atoms with Crippen LogP contribution in [0.15, 0.2) is 16.9 Å². The molecule has 0 saturated carbocycles. The van der Waals surface area contributed by atoms with E-state index in [0.717, 1.165) is 12.8 Å². The SMILES string of the molecule is COCCn1nc(C(=O)NC(C)CCC(C)C)ccc1=O. The Balaban J connectivity index is 2.67. The summed E-state index contributed by atoms with van der Waals surface area (Å²) in [5, 5.41) is 6.98. The van der Waals surface area contributed by atoms with Gasteiger partial charge in [-0.2, -0.15) is 5.10 Å². The molecular formula is C15H25N3O3. The average molecular weight is 295 g/mol. The summed E-state index contributed by atoms with van der Waals surface area (Å²) in [4.78, 5) is 23.7. The van der Waals surface area contributed by atoms with Gasteiger partial charge in [-0.3, -0.25) is 9.59 Å². The van der Waals surface area contributed by atoms with Gasteiger partial charge in [-0.1, -0.05) is 13.8 Å². The van der Waals surface area contributed by atoms with Crippen LogP contribution in [0.25, 0.3) is 0 Å². The predicted octanol–water partition coefficient (Wildman–Crippen LogP) is 1.44. The second-order valence-corrected chi connectivity index (χ2v) is 5.62. The molecule has 6 nitrogen and oxygen atoms in total. The summed E-state index contributed by atoms with van der Waals surface area (Å²) in [6, 6.07) is 2.90. The average Bonchev–Trinajstić information content (AvgIpc) is 2.44. The number of ether oxygens (including phenoxy) is 1. The number of aromatic nitrogens is 2. The topological polar surface area (TPSA) is 73.2 Å². The number of carbonyl (C=O) groups excluding carboxylic acids is 1. The van der Waals surface area contributed by atoms with Gasteiger partial charge in [0.05, 0.1) is 13.2 Å². The highest BCUT2D eigenvalue weighted by molar-refractivity contribution is 5.92. The lowest BCUT2D eigenvalue weighted by Gasteiger charge is -2.15. The van der Waals surface area contributed by atoms with Crippen LogP contribution >= 0.6 is 0 Å². The maximum absolute atomic E-state index is 12.1. The molecule has 0 bridgehead atoms. The van der Waals surface area contributed by atoms with Crippen molar-refractivity contribution in [1.29, 1.82) is 0 Å². The van der Waals surface area contributed by atoms with Crippen molar-refractivity contribution in [3.63, 3.8) is 0 Å². The van der Waals surface area contributed by atoms with Crippen molar-refractivity contribution in [2.24, 2.45) is 5.92 Å². The van der Waals surface area contributed by atoms with E-state index in [9.17, 15) is 9.59 Å². The Bertz CT molecular complexity index is 511. The Labute approximate surface area is 125 Å². The quantitative estimate of drug-likeness (QED) is 0.787. The van der Waals surface area contributed by atoms with Crippen molar-refractivity contribution < 1.29 is 9.53 Å². The largest absolute Gasteiger partial charge is 0.383 e. The van der Waals surface area contributed by atoms with Crippen molar-refractivity contribution in [3.8, 4) is 0 Å². The van der Waals surface area contributed by atoms with Gasteiger partial charge in [0.15, 0.2) is 0 Å². The van der Waals surface area contributed by atoms with E-state index in [2.05, 4.69) is 24.3 Å². The van der Waals surface area contributed by atoms with Gasteiger partial charge in [-0.15, -0.1) is 0 Å². The summed E-state index contributed by atoms with van der Waals surface area (Å²) in [5.74, 6) is 0.357. The lowest BCUT2D eigenvalue weighted by atomic mass is 10.0. The van der Waals surface area contributed by atoms with Crippen LogP contribution in [0.5, 0.6) is 0 Å². The second-order valence-electron chi connectivity index (χ2n) is 5.62. The van der Waals surface area contributed by atoms with Crippen molar-refractivity contribution in [2.75, 3.05) is 13.7 Å². The molecule has 118 valence electrons. The number of hydrogen-bond donors (Lipinski definition) is 1. The molecule has 6 heteroatoms. The standard InChI is InChI=1S/C15H25N3O3/c1-11(2)5-6-12(3)16-15(20)13-7-8-14(19)18(17-13)9-10-21-4/h7-8,11-12H,5-6,9-10H2,1-4H3,(H,16,20). The van der Waals surface area contributed by atoms with Crippen LogP contribution < -0.4 is 10.9 Å². The molecule has 0 saturated heterocycles. The molecule has 0 radical (unpaired) electrons. The highest BCUT2D eigenvalue weighted by Crippen LogP contribution is 2.06. The minimum Gasteiger partial charge on any atom is -0.383 e. The molecule has 1 aromatic rings. The molecule has 1 unspecified atom stereocenters. The van der Waals surface area contributed by atoms with E-state index in [1.54, 1.807) is 7.11 Å². The smallest absolute Gasteiger partial charge is 0.271 e. The molecular weight excluding hydrogens is 270 g/mol.